The highest BCUT2D eigenvalue weighted by Gasteiger charge is 2.04. The average molecular weight is 251 g/mol. The van der Waals surface area contributed by atoms with E-state index in [2.05, 4.69) is 36.1 Å². The van der Waals surface area contributed by atoms with Crippen LogP contribution >= 0.6 is 0 Å². The summed E-state index contributed by atoms with van der Waals surface area (Å²) in [5, 5.41) is 11.9. The van der Waals surface area contributed by atoms with Gasteiger partial charge in [0.25, 0.3) is 0 Å². The smallest absolute Gasteiger partial charge is 0.354 e. The summed E-state index contributed by atoms with van der Waals surface area (Å²) in [5.41, 5.74) is 0.923. The summed E-state index contributed by atoms with van der Waals surface area (Å²) < 4.78 is 0. The largest absolute Gasteiger partial charge is 0.477 e. The molecule has 0 unspecified atom stereocenters. The van der Waals surface area contributed by atoms with Crippen LogP contribution in [0.15, 0.2) is 18.3 Å². The molecule has 2 N–H and O–H groups in total. The van der Waals surface area contributed by atoms with Crippen LogP contribution < -0.4 is 5.32 Å². The lowest BCUT2D eigenvalue weighted by Crippen LogP contribution is -2.28. The molecule has 1 aromatic rings. The van der Waals surface area contributed by atoms with E-state index < -0.39 is 5.97 Å². The molecular formula is C13H21N3O2. The monoisotopic (exact) mass is 251 g/mol. The van der Waals surface area contributed by atoms with Gasteiger partial charge in [0.15, 0.2) is 0 Å². The standard InChI is InChI=1S/C13H21N3O2/c1-10(2)16(3)8-4-7-14-11-5-6-12(13(17)18)15-9-11/h5-6,9-10,14H,4,7-8H2,1-3H3,(H,17,18). The van der Waals surface area contributed by atoms with E-state index >= 15 is 0 Å². The summed E-state index contributed by atoms with van der Waals surface area (Å²) >= 11 is 0. The number of nitrogens with one attached hydrogen (secondary N) is 1. The Hall–Kier alpha value is -1.62. The molecule has 0 aliphatic rings. The Labute approximate surface area is 108 Å². The van der Waals surface area contributed by atoms with Crippen LogP contribution in [-0.2, 0) is 0 Å². The molecule has 18 heavy (non-hydrogen) atoms. The van der Waals surface area contributed by atoms with Crippen molar-refractivity contribution in [1.29, 1.82) is 0 Å². The Kier molecular flexibility index (Phi) is 5.58. The quantitative estimate of drug-likeness (QED) is 0.725. The second-order valence-electron chi connectivity index (χ2n) is 4.59. The molecule has 5 nitrogen and oxygen atoms in total. The van der Waals surface area contributed by atoms with E-state index in [1.165, 1.54) is 6.07 Å². The second kappa shape index (κ2) is 6.96. The molecule has 1 heterocycles. The fourth-order valence-electron chi connectivity index (χ4n) is 1.44. The van der Waals surface area contributed by atoms with Gasteiger partial charge in [0.2, 0.25) is 0 Å². The topological polar surface area (TPSA) is 65.5 Å². The number of hydrogen-bond acceptors (Lipinski definition) is 4. The molecule has 0 bridgehead atoms. The predicted molar refractivity (Wildman–Crippen MR) is 72.1 cm³/mol. The van der Waals surface area contributed by atoms with Gasteiger partial charge in [-0.2, -0.15) is 0 Å². The summed E-state index contributed by atoms with van der Waals surface area (Å²) in [5.74, 6) is -1.000. The summed E-state index contributed by atoms with van der Waals surface area (Å²) in [6.07, 6.45) is 2.59. The van der Waals surface area contributed by atoms with Crippen LogP contribution in [0.3, 0.4) is 0 Å². The van der Waals surface area contributed by atoms with Crippen LogP contribution in [-0.4, -0.2) is 47.1 Å². The van der Waals surface area contributed by atoms with Crippen molar-refractivity contribution in [2.24, 2.45) is 0 Å². The predicted octanol–water partition coefficient (Wildman–Crippen LogP) is 1.92. The van der Waals surface area contributed by atoms with Crippen molar-refractivity contribution in [2.45, 2.75) is 26.3 Å². The van der Waals surface area contributed by atoms with Crippen LogP contribution in [0.5, 0.6) is 0 Å². The Morgan fingerprint density at radius 3 is 2.72 bits per heavy atom. The first kappa shape index (κ1) is 14.4. The number of carbonyl (C=O) groups is 1. The summed E-state index contributed by atoms with van der Waals surface area (Å²) in [6, 6.07) is 3.80. The van der Waals surface area contributed by atoms with E-state index in [9.17, 15) is 4.79 Å². The van der Waals surface area contributed by atoms with Gasteiger partial charge >= 0.3 is 5.97 Å². The van der Waals surface area contributed by atoms with Gasteiger partial charge in [0, 0.05) is 12.6 Å². The molecule has 0 saturated carbocycles. The third-order valence-electron chi connectivity index (χ3n) is 2.88. The first-order valence-corrected chi connectivity index (χ1v) is 6.14. The third-order valence-corrected chi connectivity index (χ3v) is 2.88. The number of aromatic carboxylic acids is 1. The van der Waals surface area contributed by atoms with Crippen LogP contribution in [0, 0.1) is 0 Å². The fraction of sp³-hybridized carbons (Fsp3) is 0.538. The highest BCUT2D eigenvalue weighted by molar-refractivity contribution is 5.85. The second-order valence-corrected chi connectivity index (χ2v) is 4.59. The van der Waals surface area contributed by atoms with E-state index in [-0.39, 0.29) is 5.69 Å². The maximum absolute atomic E-state index is 10.6. The number of pyridine rings is 1. The fourth-order valence-corrected chi connectivity index (χ4v) is 1.44. The van der Waals surface area contributed by atoms with E-state index in [0.29, 0.717) is 6.04 Å². The first-order valence-electron chi connectivity index (χ1n) is 6.14. The molecule has 0 fully saturated rings. The van der Waals surface area contributed by atoms with Crippen molar-refractivity contribution in [3.63, 3.8) is 0 Å². The Morgan fingerprint density at radius 1 is 1.50 bits per heavy atom. The molecule has 0 aliphatic heterocycles. The maximum atomic E-state index is 10.6. The van der Waals surface area contributed by atoms with Gasteiger partial charge in [-0.05, 0) is 46.0 Å². The molecule has 0 aromatic carbocycles. The van der Waals surface area contributed by atoms with Gasteiger partial charge < -0.3 is 15.3 Å². The zero-order valence-corrected chi connectivity index (χ0v) is 11.2. The van der Waals surface area contributed by atoms with Crippen LogP contribution in [0.4, 0.5) is 5.69 Å². The Morgan fingerprint density at radius 2 is 2.22 bits per heavy atom. The number of hydrogen-bond donors (Lipinski definition) is 2. The zero-order valence-electron chi connectivity index (χ0n) is 11.2. The highest BCUT2D eigenvalue weighted by atomic mass is 16.4. The van der Waals surface area contributed by atoms with E-state index in [4.69, 9.17) is 5.11 Å². The molecule has 0 amide bonds. The minimum Gasteiger partial charge on any atom is -0.477 e. The molecule has 100 valence electrons. The molecule has 0 atom stereocenters. The SMILES string of the molecule is CC(C)N(C)CCCNc1ccc(C(=O)O)nc1. The molecule has 0 aliphatic carbocycles. The lowest BCUT2D eigenvalue weighted by molar-refractivity contribution is 0.0690. The minimum absolute atomic E-state index is 0.0695. The molecule has 0 spiro atoms. The van der Waals surface area contributed by atoms with Gasteiger partial charge in [-0.1, -0.05) is 0 Å². The van der Waals surface area contributed by atoms with Crippen molar-refractivity contribution in [3.05, 3.63) is 24.0 Å². The van der Waals surface area contributed by atoms with Gasteiger partial charge in [-0.3, -0.25) is 0 Å². The molecule has 0 radical (unpaired) electrons. The van der Waals surface area contributed by atoms with Crippen molar-refractivity contribution < 1.29 is 9.90 Å². The summed E-state index contributed by atoms with van der Waals surface area (Å²) in [4.78, 5) is 16.8. The number of anilines is 1. The highest BCUT2D eigenvalue weighted by Crippen LogP contribution is 2.06. The zero-order chi connectivity index (χ0) is 13.5. The van der Waals surface area contributed by atoms with Gasteiger partial charge in [-0.25, -0.2) is 9.78 Å². The van der Waals surface area contributed by atoms with Gasteiger partial charge in [0.1, 0.15) is 5.69 Å². The number of nitrogens with zero attached hydrogens (tertiary/aromatic N) is 2. The van der Waals surface area contributed by atoms with E-state index in [1.54, 1.807) is 12.3 Å². The number of carboxylic acid groups (broad SMARTS) is 1. The summed E-state index contributed by atoms with van der Waals surface area (Å²) in [7, 11) is 2.11. The molecule has 5 heteroatoms. The molecular weight excluding hydrogens is 230 g/mol. The number of carboxylic acids is 1. The normalized spacial score (nSPS) is 10.9. The van der Waals surface area contributed by atoms with Crippen molar-refractivity contribution in [1.82, 2.24) is 9.88 Å². The Balaban J connectivity index is 2.29. The summed E-state index contributed by atoms with van der Waals surface area (Å²) in [6.45, 7) is 6.22. The number of rotatable bonds is 7. The average Bonchev–Trinajstić information content (AvgIpc) is 2.34. The van der Waals surface area contributed by atoms with Crippen LogP contribution in [0.25, 0.3) is 0 Å². The molecule has 0 saturated heterocycles. The van der Waals surface area contributed by atoms with Gasteiger partial charge in [-0.15, -0.1) is 0 Å². The van der Waals surface area contributed by atoms with Crippen molar-refractivity contribution in [3.8, 4) is 0 Å². The maximum Gasteiger partial charge on any atom is 0.354 e. The van der Waals surface area contributed by atoms with Crippen molar-refractivity contribution >= 4 is 11.7 Å². The van der Waals surface area contributed by atoms with Gasteiger partial charge in [0.05, 0.1) is 11.9 Å². The van der Waals surface area contributed by atoms with Crippen molar-refractivity contribution in [2.75, 3.05) is 25.5 Å². The minimum atomic E-state index is -1.000. The van der Waals surface area contributed by atoms with Crippen LogP contribution in [0.1, 0.15) is 30.8 Å². The lowest BCUT2D eigenvalue weighted by Gasteiger charge is -2.20. The first-order chi connectivity index (χ1) is 8.50. The van der Waals surface area contributed by atoms with Crippen LogP contribution in [0.2, 0.25) is 0 Å². The molecule has 1 aromatic heterocycles. The number of aromatic nitrogens is 1. The van der Waals surface area contributed by atoms with E-state index in [1.807, 2.05) is 0 Å². The lowest BCUT2D eigenvalue weighted by atomic mass is 10.3. The Bertz CT molecular complexity index is 376. The molecule has 1 rings (SSSR count). The van der Waals surface area contributed by atoms with E-state index in [0.717, 1.165) is 25.2 Å². The third kappa shape index (κ3) is 4.71.